The van der Waals surface area contributed by atoms with Gasteiger partial charge in [0.05, 0.1) is 0 Å². The number of hydrogen-bond donors (Lipinski definition) is 0. The van der Waals surface area contributed by atoms with Gasteiger partial charge in [0.25, 0.3) is 0 Å². The monoisotopic (exact) mass is 691 g/mol. The predicted octanol–water partition coefficient (Wildman–Crippen LogP) is 16.2. The Morgan fingerprint density at radius 2 is 0.653 bits per heavy atom. The highest BCUT2D eigenvalue weighted by molar-refractivity contribution is 5.69. The number of rotatable bonds is 35. The van der Waals surface area contributed by atoms with Crippen LogP contribution in [-0.2, 0) is 9.53 Å². The minimum atomic E-state index is 0.0462. The number of ether oxygens (including phenoxy) is 1. The summed E-state index contributed by atoms with van der Waals surface area (Å²) in [6.07, 6.45) is 33.3. The van der Waals surface area contributed by atoms with Crippen molar-refractivity contribution in [1.29, 1.82) is 0 Å². The Morgan fingerprint density at radius 1 is 0.367 bits per heavy atom. The maximum absolute atomic E-state index is 12.7. The van der Waals surface area contributed by atoms with Gasteiger partial charge in [-0.3, -0.25) is 4.79 Å². The minimum Gasteiger partial charge on any atom is -0.462 e. The van der Waals surface area contributed by atoms with E-state index in [1.807, 2.05) is 0 Å². The van der Waals surface area contributed by atoms with E-state index in [4.69, 9.17) is 4.74 Å². The highest BCUT2D eigenvalue weighted by atomic mass is 16.5. The highest BCUT2D eigenvalue weighted by Crippen LogP contribution is 2.27. The Bertz CT molecular complexity index is 665. The van der Waals surface area contributed by atoms with Crippen molar-refractivity contribution in [2.24, 2.45) is 47.3 Å². The van der Waals surface area contributed by atoms with Gasteiger partial charge in [-0.2, -0.15) is 0 Å². The van der Waals surface area contributed by atoms with E-state index in [2.05, 4.69) is 76.2 Å². The van der Waals surface area contributed by atoms with Gasteiger partial charge in [-0.1, -0.05) is 205 Å². The van der Waals surface area contributed by atoms with Crippen LogP contribution in [0.15, 0.2) is 0 Å². The summed E-state index contributed by atoms with van der Waals surface area (Å²) in [7, 11) is 0. The van der Waals surface area contributed by atoms with Gasteiger partial charge in [-0.25, -0.2) is 0 Å². The second-order valence-corrected chi connectivity index (χ2v) is 18.7. The molecule has 2 nitrogen and oxygen atoms in total. The molecule has 294 valence electrons. The maximum Gasteiger partial charge on any atom is 0.306 e. The fourth-order valence-electron chi connectivity index (χ4n) is 7.84. The quantitative estimate of drug-likeness (QED) is 0.0489. The molecule has 0 rings (SSSR count). The predicted molar refractivity (Wildman–Crippen MR) is 220 cm³/mol. The van der Waals surface area contributed by atoms with Crippen LogP contribution in [0.3, 0.4) is 0 Å². The molecule has 0 aromatic rings. The number of carbonyl (C=O) groups is 1. The van der Waals surface area contributed by atoms with E-state index in [-0.39, 0.29) is 12.1 Å². The van der Waals surface area contributed by atoms with Crippen molar-refractivity contribution >= 4 is 5.97 Å². The van der Waals surface area contributed by atoms with Crippen LogP contribution < -0.4 is 0 Å². The molecule has 0 amide bonds. The van der Waals surface area contributed by atoms with Crippen molar-refractivity contribution < 1.29 is 9.53 Å². The van der Waals surface area contributed by atoms with Crippen LogP contribution in [0.1, 0.15) is 243 Å². The Kier molecular flexibility index (Phi) is 31.8. The summed E-state index contributed by atoms with van der Waals surface area (Å²) in [5.74, 6) is 6.67. The average Bonchev–Trinajstić information content (AvgIpc) is 3.02. The van der Waals surface area contributed by atoms with E-state index in [9.17, 15) is 4.79 Å². The zero-order chi connectivity index (χ0) is 36.9. The van der Waals surface area contributed by atoms with Crippen LogP contribution >= 0.6 is 0 Å². The van der Waals surface area contributed by atoms with E-state index >= 15 is 0 Å². The molecule has 0 spiro atoms. The van der Waals surface area contributed by atoms with Crippen LogP contribution in [0, 0.1) is 47.3 Å². The third kappa shape index (κ3) is 33.1. The molecule has 0 aromatic heterocycles. The number of esters is 1. The maximum atomic E-state index is 12.7. The molecule has 0 fully saturated rings. The third-order valence-electron chi connectivity index (χ3n) is 11.8. The number of unbranched alkanes of at least 4 members (excludes halogenated alkanes) is 2. The normalized spacial score (nSPS) is 16.4. The first kappa shape index (κ1) is 48.5. The van der Waals surface area contributed by atoms with E-state index < -0.39 is 0 Å². The van der Waals surface area contributed by atoms with Gasteiger partial charge in [0.1, 0.15) is 6.10 Å². The topological polar surface area (TPSA) is 26.3 Å². The largest absolute Gasteiger partial charge is 0.462 e. The van der Waals surface area contributed by atoms with Crippen LogP contribution in [0.5, 0.6) is 0 Å². The van der Waals surface area contributed by atoms with E-state index in [1.54, 1.807) is 0 Å². The molecule has 0 radical (unpaired) electrons. The van der Waals surface area contributed by atoms with E-state index in [0.29, 0.717) is 6.42 Å². The molecule has 2 heteroatoms. The molecule has 6 unspecified atom stereocenters. The summed E-state index contributed by atoms with van der Waals surface area (Å²) in [5, 5.41) is 0. The molecule has 0 N–H and O–H groups in total. The first-order valence-electron chi connectivity index (χ1n) is 22.5. The Hall–Kier alpha value is -0.530. The summed E-state index contributed by atoms with van der Waals surface area (Å²) >= 11 is 0. The Morgan fingerprint density at radius 3 is 0.939 bits per heavy atom. The Balaban J connectivity index is 4.40. The van der Waals surface area contributed by atoms with E-state index in [0.717, 1.165) is 79.4 Å². The van der Waals surface area contributed by atoms with Gasteiger partial charge in [0.15, 0.2) is 0 Å². The van der Waals surface area contributed by atoms with Gasteiger partial charge in [0, 0.05) is 6.42 Å². The second kappa shape index (κ2) is 32.1. The lowest BCUT2D eigenvalue weighted by Crippen LogP contribution is -2.20. The fraction of sp³-hybridized carbons (Fsp3) is 0.979. The minimum absolute atomic E-state index is 0.0462. The zero-order valence-corrected chi connectivity index (χ0v) is 35.9. The first-order chi connectivity index (χ1) is 23.3. The third-order valence-corrected chi connectivity index (χ3v) is 11.8. The molecule has 0 aromatic carbocycles. The van der Waals surface area contributed by atoms with Crippen LogP contribution in [0.2, 0.25) is 0 Å². The average molecular weight is 691 g/mol. The summed E-state index contributed by atoms with van der Waals surface area (Å²) in [4.78, 5) is 12.7. The fourth-order valence-corrected chi connectivity index (χ4v) is 7.84. The lowest BCUT2D eigenvalue weighted by Gasteiger charge is -2.22. The first-order valence-corrected chi connectivity index (χ1v) is 22.5. The number of carbonyl (C=O) groups excluding carboxylic acids is 1. The van der Waals surface area contributed by atoms with Crippen molar-refractivity contribution in [3.05, 3.63) is 0 Å². The summed E-state index contributed by atoms with van der Waals surface area (Å²) < 4.78 is 6.14. The van der Waals surface area contributed by atoms with Crippen LogP contribution in [-0.4, -0.2) is 12.1 Å². The van der Waals surface area contributed by atoms with Crippen LogP contribution in [0.4, 0.5) is 0 Å². The molecule has 0 bridgehead atoms. The Labute approximate surface area is 311 Å². The smallest absolute Gasteiger partial charge is 0.306 e. The molecule has 0 saturated heterocycles. The summed E-state index contributed by atoms with van der Waals surface area (Å²) in [5.41, 5.74) is 0. The molecule has 49 heavy (non-hydrogen) atoms. The van der Waals surface area contributed by atoms with Gasteiger partial charge < -0.3 is 4.74 Å². The van der Waals surface area contributed by atoms with Crippen molar-refractivity contribution in [1.82, 2.24) is 0 Å². The SMILES string of the molecule is CCCCCC(=O)OC(CCC(C)CCCC(C)CCCC(C)CCCC(C)C)CCC(C)CCCC(C)CCCC(C)CCCC(C)C. The van der Waals surface area contributed by atoms with Gasteiger partial charge in [-0.05, 0) is 79.4 Å². The van der Waals surface area contributed by atoms with Crippen molar-refractivity contribution in [2.45, 2.75) is 249 Å². The molecular weight excluding hydrogens is 597 g/mol. The second-order valence-electron chi connectivity index (χ2n) is 18.7. The lowest BCUT2D eigenvalue weighted by atomic mass is 9.89. The molecule has 0 aliphatic carbocycles. The number of hydrogen-bond acceptors (Lipinski definition) is 2. The standard InChI is InChI=1S/C47H94O2/c1-12-13-14-33-47(48)49-46(36-34-44(10)31-19-29-42(8)27-17-25-40(6)23-15-21-38(2)3)37-35-45(11)32-20-30-43(9)28-18-26-41(7)24-16-22-39(4)5/h38-46H,12-37H2,1-11H3. The van der Waals surface area contributed by atoms with Gasteiger partial charge in [0.2, 0.25) is 0 Å². The highest BCUT2D eigenvalue weighted by Gasteiger charge is 2.18. The molecule has 0 saturated carbocycles. The van der Waals surface area contributed by atoms with Crippen molar-refractivity contribution in [3.63, 3.8) is 0 Å². The van der Waals surface area contributed by atoms with Gasteiger partial charge >= 0.3 is 5.97 Å². The summed E-state index contributed by atoms with van der Waals surface area (Å²) in [6, 6.07) is 0. The zero-order valence-electron chi connectivity index (χ0n) is 35.9. The van der Waals surface area contributed by atoms with Crippen molar-refractivity contribution in [2.75, 3.05) is 0 Å². The van der Waals surface area contributed by atoms with Crippen LogP contribution in [0.25, 0.3) is 0 Å². The van der Waals surface area contributed by atoms with Crippen molar-refractivity contribution in [3.8, 4) is 0 Å². The lowest BCUT2D eigenvalue weighted by molar-refractivity contribution is -0.150. The van der Waals surface area contributed by atoms with Gasteiger partial charge in [-0.15, -0.1) is 0 Å². The molecular formula is C47H94O2. The molecule has 0 aliphatic rings. The molecule has 0 aliphatic heterocycles. The molecule has 6 atom stereocenters. The van der Waals surface area contributed by atoms with E-state index in [1.165, 1.54) is 128 Å². The molecule has 0 heterocycles. The summed E-state index contributed by atoms with van der Waals surface area (Å²) in [6.45, 7) is 26.3.